The summed E-state index contributed by atoms with van der Waals surface area (Å²) in [6, 6.07) is 7.76. The zero-order valence-electron chi connectivity index (χ0n) is 16.5. The highest BCUT2D eigenvalue weighted by Crippen LogP contribution is 2.44. The number of halogens is 1. The quantitative estimate of drug-likeness (QED) is 0.844. The maximum atomic E-state index is 13.5. The lowest BCUT2D eigenvalue weighted by Crippen LogP contribution is -2.47. The predicted octanol–water partition coefficient (Wildman–Crippen LogP) is 2.89. The molecule has 2 aliphatic heterocycles. The summed E-state index contributed by atoms with van der Waals surface area (Å²) < 4.78 is 18.9. The van der Waals surface area contributed by atoms with E-state index in [-0.39, 0.29) is 42.8 Å². The van der Waals surface area contributed by atoms with Crippen molar-refractivity contribution >= 4 is 23.2 Å². The molecule has 0 unspecified atom stereocenters. The van der Waals surface area contributed by atoms with Gasteiger partial charge in [-0.15, -0.1) is 0 Å². The van der Waals surface area contributed by atoms with Crippen LogP contribution in [0.1, 0.15) is 17.5 Å². The van der Waals surface area contributed by atoms with Crippen molar-refractivity contribution in [3.8, 4) is 5.88 Å². The Bertz CT molecular complexity index is 1070. The fraction of sp³-hybridized carbons (Fsp3) is 0.318. The average molecular weight is 408 g/mol. The van der Waals surface area contributed by atoms with E-state index in [1.54, 1.807) is 19.4 Å². The minimum Gasteiger partial charge on any atom is -0.481 e. The maximum absolute atomic E-state index is 13.5. The molecule has 1 aromatic carbocycles. The number of hydrogen-bond acceptors (Lipinski definition) is 4. The highest BCUT2D eigenvalue weighted by atomic mass is 19.1. The highest BCUT2D eigenvalue weighted by Gasteiger charge is 2.42. The van der Waals surface area contributed by atoms with Gasteiger partial charge < -0.3 is 19.9 Å². The van der Waals surface area contributed by atoms with Crippen LogP contribution < -0.4 is 10.1 Å². The summed E-state index contributed by atoms with van der Waals surface area (Å²) in [6.45, 7) is 0.777. The van der Waals surface area contributed by atoms with E-state index in [0.29, 0.717) is 23.7 Å². The summed E-state index contributed by atoms with van der Waals surface area (Å²) in [7, 11) is 1.60. The number of methoxy groups -OCH3 is 1. The zero-order valence-corrected chi connectivity index (χ0v) is 16.5. The molecule has 154 valence electrons. The second-order valence-electron chi connectivity index (χ2n) is 7.82. The Balaban J connectivity index is 1.30. The Hall–Kier alpha value is -3.42. The smallest absolute Gasteiger partial charge is 0.322 e. The number of aromatic nitrogens is 1. The molecule has 1 N–H and O–H groups in total. The molecule has 0 radical (unpaired) electrons. The summed E-state index contributed by atoms with van der Waals surface area (Å²) in [6.07, 6.45) is 4.66. The number of ether oxygens (including phenoxy) is 1. The minimum atomic E-state index is -0.364. The molecule has 2 bridgehead atoms. The Morgan fingerprint density at radius 2 is 2.23 bits per heavy atom. The second kappa shape index (κ2) is 7.12. The molecule has 2 atom stereocenters. The van der Waals surface area contributed by atoms with Crippen LogP contribution in [-0.4, -0.2) is 53.0 Å². The Labute approximate surface area is 173 Å². The molecule has 0 spiro atoms. The van der Waals surface area contributed by atoms with E-state index in [1.807, 2.05) is 17.0 Å². The van der Waals surface area contributed by atoms with E-state index in [2.05, 4.69) is 16.4 Å². The van der Waals surface area contributed by atoms with E-state index in [0.717, 1.165) is 17.6 Å². The summed E-state index contributed by atoms with van der Waals surface area (Å²) in [5.74, 6) is 0.342. The van der Waals surface area contributed by atoms with E-state index in [4.69, 9.17) is 4.74 Å². The number of urea groups is 1. The molecule has 1 aromatic heterocycles. The van der Waals surface area contributed by atoms with E-state index in [9.17, 15) is 14.0 Å². The van der Waals surface area contributed by atoms with Gasteiger partial charge in [-0.3, -0.25) is 4.79 Å². The molecule has 1 fully saturated rings. The van der Waals surface area contributed by atoms with Crippen molar-refractivity contribution in [1.29, 1.82) is 0 Å². The number of hydrogen-bond donors (Lipinski definition) is 1. The fourth-order valence-electron chi connectivity index (χ4n) is 4.63. The maximum Gasteiger partial charge on any atom is 0.322 e. The normalized spacial score (nSPS) is 21.9. The lowest BCUT2D eigenvalue weighted by atomic mass is 9.96. The van der Waals surface area contributed by atoms with Gasteiger partial charge in [-0.2, -0.15) is 0 Å². The number of nitrogens with zero attached hydrogens (tertiary/aromatic N) is 3. The zero-order chi connectivity index (χ0) is 20.8. The largest absolute Gasteiger partial charge is 0.481 e. The number of pyridine rings is 1. The molecule has 3 aliphatic rings. The van der Waals surface area contributed by atoms with Crippen molar-refractivity contribution in [2.24, 2.45) is 5.92 Å². The summed E-state index contributed by atoms with van der Waals surface area (Å²) in [4.78, 5) is 32.9. The number of benzene rings is 1. The number of carbonyl (C=O) groups excluding carboxylic acids is 2. The lowest BCUT2D eigenvalue weighted by molar-refractivity contribution is -0.132. The Morgan fingerprint density at radius 1 is 1.37 bits per heavy atom. The van der Waals surface area contributed by atoms with Crippen LogP contribution in [0, 0.1) is 11.7 Å². The number of likely N-dealkylation sites (tertiary alicyclic amines) is 1. The number of nitrogens with one attached hydrogen (secondary N) is 1. The number of carbonyl (C=O) groups is 2. The SMILES string of the molecule is COc1ncccc1C1=C[C@H]2C[C@@H]1CN2C(=O)CN1Cc2cc(F)ccc2NC1=O. The van der Waals surface area contributed by atoms with Crippen LogP contribution in [0.5, 0.6) is 5.88 Å². The van der Waals surface area contributed by atoms with Gasteiger partial charge in [0.25, 0.3) is 0 Å². The van der Waals surface area contributed by atoms with Crippen LogP contribution in [-0.2, 0) is 11.3 Å². The van der Waals surface area contributed by atoms with Crippen LogP contribution in [0.3, 0.4) is 0 Å². The van der Waals surface area contributed by atoms with Gasteiger partial charge in [-0.1, -0.05) is 6.08 Å². The summed E-state index contributed by atoms with van der Waals surface area (Å²) >= 11 is 0. The van der Waals surface area contributed by atoms with Gasteiger partial charge in [0.05, 0.1) is 19.7 Å². The van der Waals surface area contributed by atoms with Gasteiger partial charge in [0.1, 0.15) is 12.4 Å². The fourth-order valence-corrected chi connectivity index (χ4v) is 4.63. The van der Waals surface area contributed by atoms with Crippen molar-refractivity contribution in [1.82, 2.24) is 14.8 Å². The molecule has 5 rings (SSSR count). The first-order valence-electron chi connectivity index (χ1n) is 9.88. The molecular weight excluding hydrogens is 387 g/mol. The second-order valence-corrected chi connectivity index (χ2v) is 7.82. The van der Waals surface area contributed by atoms with Crippen molar-refractivity contribution in [2.75, 3.05) is 25.5 Å². The van der Waals surface area contributed by atoms with Crippen molar-refractivity contribution in [3.63, 3.8) is 0 Å². The first-order valence-corrected chi connectivity index (χ1v) is 9.88. The van der Waals surface area contributed by atoms with Crippen LogP contribution in [0.25, 0.3) is 5.57 Å². The summed E-state index contributed by atoms with van der Waals surface area (Å²) in [5.41, 5.74) is 3.38. The first-order chi connectivity index (χ1) is 14.5. The third-order valence-electron chi connectivity index (χ3n) is 6.03. The summed E-state index contributed by atoms with van der Waals surface area (Å²) in [5, 5.41) is 2.73. The molecule has 3 amide bonds. The molecule has 7 nitrogen and oxygen atoms in total. The Morgan fingerprint density at radius 3 is 3.00 bits per heavy atom. The number of fused-ring (bicyclic) bond motifs is 3. The number of amides is 3. The van der Waals surface area contributed by atoms with Crippen molar-refractivity contribution < 1.29 is 18.7 Å². The lowest BCUT2D eigenvalue weighted by Gasteiger charge is -2.32. The number of anilines is 1. The van der Waals surface area contributed by atoms with E-state index < -0.39 is 0 Å². The van der Waals surface area contributed by atoms with Gasteiger partial charge in [-0.05, 0) is 47.9 Å². The topological polar surface area (TPSA) is 74.8 Å². The monoisotopic (exact) mass is 408 g/mol. The third-order valence-corrected chi connectivity index (χ3v) is 6.03. The molecule has 3 heterocycles. The molecule has 1 aliphatic carbocycles. The van der Waals surface area contributed by atoms with E-state index >= 15 is 0 Å². The standard InChI is InChI=1S/C22H21FN4O3/c1-30-21-17(3-2-6-24-21)18-9-16-8-13(18)11-27(16)20(28)12-26-10-14-7-15(23)4-5-19(14)25-22(26)29/h2-7,9,13,16H,8,10-12H2,1H3,(H,25,29)/t13-,16-/m1/s1. The minimum absolute atomic E-state index is 0.00000488. The highest BCUT2D eigenvalue weighted by molar-refractivity contribution is 5.95. The predicted molar refractivity (Wildman–Crippen MR) is 108 cm³/mol. The molecule has 0 saturated carbocycles. The van der Waals surface area contributed by atoms with Crippen LogP contribution >= 0.6 is 0 Å². The van der Waals surface area contributed by atoms with Gasteiger partial charge in [-0.25, -0.2) is 14.2 Å². The van der Waals surface area contributed by atoms with Gasteiger partial charge in [0.2, 0.25) is 11.8 Å². The molecule has 8 heteroatoms. The Kier molecular flexibility index (Phi) is 4.42. The van der Waals surface area contributed by atoms with Gasteiger partial charge in [0.15, 0.2) is 0 Å². The van der Waals surface area contributed by atoms with Crippen molar-refractivity contribution in [3.05, 3.63) is 59.5 Å². The van der Waals surface area contributed by atoms with Gasteiger partial charge in [0, 0.05) is 29.9 Å². The van der Waals surface area contributed by atoms with Crippen LogP contribution in [0.4, 0.5) is 14.9 Å². The van der Waals surface area contributed by atoms with Crippen LogP contribution in [0.15, 0.2) is 42.6 Å². The van der Waals surface area contributed by atoms with E-state index in [1.165, 1.54) is 17.0 Å². The first kappa shape index (κ1) is 18.6. The average Bonchev–Trinajstić information content (AvgIpc) is 3.35. The molecule has 1 saturated heterocycles. The van der Waals surface area contributed by atoms with Crippen molar-refractivity contribution in [2.45, 2.75) is 19.0 Å². The van der Waals surface area contributed by atoms with Gasteiger partial charge >= 0.3 is 6.03 Å². The molecule has 2 aromatic rings. The van der Waals surface area contributed by atoms with Crippen LogP contribution in [0.2, 0.25) is 0 Å². The molecule has 30 heavy (non-hydrogen) atoms. The molecular formula is C22H21FN4O3. The third kappa shape index (κ3) is 3.08. The number of rotatable bonds is 4.